The summed E-state index contributed by atoms with van der Waals surface area (Å²) in [5.74, 6) is 1.02. The van der Waals surface area contributed by atoms with E-state index in [1.165, 1.54) is 38.9 Å². The van der Waals surface area contributed by atoms with Gasteiger partial charge in [-0.2, -0.15) is 0 Å². The van der Waals surface area contributed by atoms with Gasteiger partial charge in [-0.3, -0.25) is 0 Å². The van der Waals surface area contributed by atoms with Gasteiger partial charge in [0.2, 0.25) is 0 Å². The van der Waals surface area contributed by atoms with Crippen molar-refractivity contribution in [3.05, 3.63) is 29.6 Å². The molecule has 1 aromatic rings. The van der Waals surface area contributed by atoms with Crippen LogP contribution in [0.2, 0.25) is 0 Å². The van der Waals surface area contributed by atoms with Crippen LogP contribution in [0.1, 0.15) is 31.2 Å². The zero-order valence-electron chi connectivity index (χ0n) is 10.3. The number of hydrogen-bond donors (Lipinski definition) is 1. The van der Waals surface area contributed by atoms with E-state index in [0.29, 0.717) is 5.75 Å². The molecule has 0 aliphatic heterocycles. The monoisotopic (exact) mass is 237 g/mol. The van der Waals surface area contributed by atoms with E-state index >= 15 is 0 Å². The van der Waals surface area contributed by atoms with Crippen molar-refractivity contribution < 1.29 is 9.13 Å². The number of benzene rings is 1. The Kier molecular flexibility index (Phi) is 4.37. The molecule has 1 aliphatic carbocycles. The van der Waals surface area contributed by atoms with Gasteiger partial charge in [0.15, 0.2) is 11.6 Å². The van der Waals surface area contributed by atoms with E-state index in [-0.39, 0.29) is 5.82 Å². The summed E-state index contributed by atoms with van der Waals surface area (Å²) in [4.78, 5) is 0. The molecule has 0 spiro atoms. The summed E-state index contributed by atoms with van der Waals surface area (Å²) < 4.78 is 18.3. The molecular formula is C14H20FNO. The van der Waals surface area contributed by atoms with Crippen molar-refractivity contribution in [3.8, 4) is 5.75 Å². The van der Waals surface area contributed by atoms with Crippen LogP contribution in [0.25, 0.3) is 0 Å². The quantitative estimate of drug-likeness (QED) is 0.736. The van der Waals surface area contributed by atoms with Crippen LogP contribution >= 0.6 is 0 Å². The molecule has 0 heterocycles. The molecule has 2 rings (SSSR count). The molecular weight excluding hydrogens is 217 g/mol. The van der Waals surface area contributed by atoms with Crippen LogP contribution in [0.3, 0.4) is 0 Å². The first-order valence-corrected chi connectivity index (χ1v) is 6.32. The Morgan fingerprint density at radius 3 is 2.88 bits per heavy atom. The van der Waals surface area contributed by atoms with Gasteiger partial charge in [-0.15, -0.1) is 0 Å². The van der Waals surface area contributed by atoms with Crippen molar-refractivity contribution in [3.63, 3.8) is 0 Å². The van der Waals surface area contributed by atoms with Gasteiger partial charge in [0.05, 0.1) is 7.11 Å². The molecule has 0 bridgehead atoms. The van der Waals surface area contributed by atoms with Gasteiger partial charge in [0.1, 0.15) is 0 Å². The van der Waals surface area contributed by atoms with Gasteiger partial charge >= 0.3 is 0 Å². The van der Waals surface area contributed by atoms with Gasteiger partial charge in [-0.05, 0) is 43.0 Å². The number of rotatable bonds is 7. The topological polar surface area (TPSA) is 21.3 Å². The summed E-state index contributed by atoms with van der Waals surface area (Å²) >= 11 is 0. The highest BCUT2D eigenvalue weighted by Gasteiger charge is 2.19. The number of halogens is 1. The van der Waals surface area contributed by atoms with E-state index < -0.39 is 0 Å². The second-order valence-electron chi connectivity index (χ2n) is 4.73. The van der Waals surface area contributed by atoms with Gasteiger partial charge in [-0.25, -0.2) is 4.39 Å². The summed E-state index contributed by atoms with van der Waals surface area (Å²) in [6, 6.07) is 5.11. The molecule has 0 aromatic heterocycles. The van der Waals surface area contributed by atoms with Crippen molar-refractivity contribution in [2.75, 3.05) is 13.7 Å². The Labute approximate surface area is 102 Å². The lowest BCUT2D eigenvalue weighted by molar-refractivity contribution is 0.386. The standard InChI is InChI=1S/C14H20FNO/c1-17-14-7-6-12(9-13(14)15)10-16-8-2-3-11-4-5-11/h6-7,9,11,16H,2-5,8,10H2,1H3. The molecule has 1 aromatic carbocycles. The van der Waals surface area contributed by atoms with Gasteiger partial charge in [-0.1, -0.05) is 18.9 Å². The largest absolute Gasteiger partial charge is 0.494 e. The van der Waals surface area contributed by atoms with E-state index in [9.17, 15) is 4.39 Å². The molecule has 0 unspecified atom stereocenters. The summed E-state index contributed by atoms with van der Waals surface area (Å²) in [7, 11) is 1.48. The highest BCUT2D eigenvalue weighted by molar-refractivity contribution is 5.29. The molecule has 0 amide bonds. The molecule has 94 valence electrons. The Balaban J connectivity index is 1.68. The zero-order chi connectivity index (χ0) is 12.1. The minimum atomic E-state index is -0.287. The third-order valence-electron chi connectivity index (χ3n) is 3.21. The van der Waals surface area contributed by atoms with Crippen LogP contribution in [0.4, 0.5) is 4.39 Å². The summed E-state index contributed by atoms with van der Waals surface area (Å²) in [5, 5.41) is 3.34. The maximum absolute atomic E-state index is 13.4. The van der Waals surface area contributed by atoms with Crippen molar-refractivity contribution in [2.45, 2.75) is 32.2 Å². The smallest absolute Gasteiger partial charge is 0.165 e. The molecule has 1 aliphatic rings. The van der Waals surface area contributed by atoms with Gasteiger partial charge < -0.3 is 10.1 Å². The van der Waals surface area contributed by atoms with Crippen LogP contribution in [0.15, 0.2) is 18.2 Å². The summed E-state index contributed by atoms with van der Waals surface area (Å²) in [6.45, 7) is 1.75. The van der Waals surface area contributed by atoms with Crippen LogP contribution in [0.5, 0.6) is 5.75 Å². The Bertz CT molecular complexity index is 363. The Morgan fingerprint density at radius 2 is 2.24 bits per heavy atom. The predicted molar refractivity (Wildman–Crippen MR) is 66.6 cm³/mol. The highest BCUT2D eigenvalue weighted by Crippen LogP contribution is 2.33. The molecule has 0 saturated heterocycles. The molecule has 1 saturated carbocycles. The van der Waals surface area contributed by atoms with E-state index in [2.05, 4.69) is 5.32 Å². The second-order valence-corrected chi connectivity index (χ2v) is 4.73. The normalized spacial score (nSPS) is 14.9. The Morgan fingerprint density at radius 1 is 1.41 bits per heavy atom. The Hall–Kier alpha value is -1.09. The van der Waals surface area contributed by atoms with Gasteiger partial charge in [0.25, 0.3) is 0 Å². The number of ether oxygens (including phenoxy) is 1. The maximum Gasteiger partial charge on any atom is 0.165 e. The lowest BCUT2D eigenvalue weighted by atomic mass is 10.2. The average molecular weight is 237 g/mol. The lowest BCUT2D eigenvalue weighted by Gasteiger charge is -2.07. The molecule has 2 nitrogen and oxygen atoms in total. The molecule has 0 radical (unpaired) electrons. The zero-order valence-corrected chi connectivity index (χ0v) is 10.3. The predicted octanol–water partition coefficient (Wildman–Crippen LogP) is 3.11. The first-order valence-electron chi connectivity index (χ1n) is 6.32. The van der Waals surface area contributed by atoms with E-state index in [0.717, 1.165) is 24.6 Å². The van der Waals surface area contributed by atoms with Crippen LogP contribution in [-0.2, 0) is 6.54 Å². The van der Waals surface area contributed by atoms with Crippen LogP contribution in [-0.4, -0.2) is 13.7 Å². The fourth-order valence-electron chi connectivity index (χ4n) is 1.97. The highest BCUT2D eigenvalue weighted by atomic mass is 19.1. The minimum Gasteiger partial charge on any atom is -0.494 e. The third-order valence-corrected chi connectivity index (χ3v) is 3.21. The number of hydrogen-bond acceptors (Lipinski definition) is 2. The van der Waals surface area contributed by atoms with Crippen LogP contribution in [0, 0.1) is 11.7 Å². The van der Waals surface area contributed by atoms with Crippen molar-refractivity contribution >= 4 is 0 Å². The first kappa shape index (κ1) is 12.4. The van der Waals surface area contributed by atoms with Gasteiger partial charge in [0, 0.05) is 6.54 Å². The fourth-order valence-corrected chi connectivity index (χ4v) is 1.97. The molecule has 1 N–H and O–H groups in total. The first-order chi connectivity index (χ1) is 8.29. The summed E-state index contributed by atoms with van der Waals surface area (Å²) in [5.41, 5.74) is 0.967. The second kappa shape index (κ2) is 6.01. The summed E-state index contributed by atoms with van der Waals surface area (Å²) in [6.07, 6.45) is 5.40. The fraction of sp³-hybridized carbons (Fsp3) is 0.571. The van der Waals surface area contributed by atoms with Crippen molar-refractivity contribution in [2.24, 2.45) is 5.92 Å². The average Bonchev–Trinajstić information content (AvgIpc) is 3.13. The van der Waals surface area contributed by atoms with Crippen LogP contribution < -0.4 is 10.1 Å². The minimum absolute atomic E-state index is 0.287. The van der Waals surface area contributed by atoms with E-state index in [4.69, 9.17) is 4.74 Å². The number of methoxy groups -OCH3 is 1. The lowest BCUT2D eigenvalue weighted by Crippen LogP contribution is -2.14. The maximum atomic E-state index is 13.4. The third kappa shape index (κ3) is 4.00. The molecule has 3 heteroatoms. The number of nitrogens with one attached hydrogen (secondary N) is 1. The molecule has 1 fully saturated rings. The SMILES string of the molecule is COc1ccc(CNCCCC2CC2)cc1F. The molecule has 17 heavy (non-hydrogen) atoms. The van der Waals surface area contributed by atoms with E-state index in [1.807, 2.05) is 6.07 Å². The van der Waals surface area contributed by atoms with Crippen molar-refractivity contribution in [1.82, 2.24) is 5.32 Å². The van der Waals surface area contributed by atoms with E-state index in [1.54, 1.807) is 6.07 Å². The molecule has 0 atom stereocenters. The van der Waals surface area contributed by atoms with Crippen molar-refractivity contribution in [1.29, 1.82) is 0 Å².